The minimum atomic E-state index is -1.49. The zero-order valence-electron chi connectivity index (χ0n) is 11.6. The third-order valence-electron chi connectivity index (χ3n) is 2.31. The Balaban J connectivity index is 3.18. The van der Waals surface area contributed by atoms with Crippen molar-refractivity contribution in [3.63, 3.8) is 0 Å². The molecule has 1 rings (SSSR count). The average Bonchev–Trinajstić information content (AvgIpc) is 2.69. The summed E-state index contributed by atoms with van der Waals surface area (Å²) in [6.07, 6.45) is -1.17. The lowest BCUT2D eigenvalue weighted by Gasteiger charge is -2.21. The van der Waals surface area contributed by atoms with Crippen LogP contribution in [0.4, 0.5) is 4.79 Å². The number of rotatable bonds is 4. The number of hydrogen-bond acceptors (Lipinski definition) is 4. The van der Waals surface area contributed by atoms with Gasteiger partial charge in [0.2, 0.25) is 0 Å². The van der Waals surface area contributed by atoms with Crippen LogP contribution in [-0.2, 0) is 11.4 Å². The summed E-state index contributed by atoms with van der Waals surface area (Å²) in [4.78, 5) is 11.4. The Morgan fingerprint density at radius 1 is 1.60 bits per heavy atom. The van der Waals surface area contributed by atoms with Crippen LogP contribution in [-0.4, -0.2) is 32.3 Å². The maximum Gasteiger partial charge on any atom is 0.405 e. The Bertz CT molecular complexity index is 511. The van der Waals surface area contributed by atoms with Gasteiger partial charge in [0.05, 0.1) is 15.9 Å². The molecule has 0 bridgehead atoms. The summed E-state index contributed by atoms with van der Waals surface area (Å²) in [5.74, 6) is 0. The number of nitrogens with zero attached hydrogens (tertiary/aromatic N) is 1. The van der Waals surface area contributed by atoms with Crippen molar-refractivity contribution in [1.82, 2.24) is 5.32 Å². The minimum absolute atomic E-state index is 0.389. The number of halogens is 1. The fourth-order valence-electron chi connectivity index (χ4n) is 1.27. The van der Waals surface area contributed by atoms with E-state index in [2.05, 4.69) is 9.71 Å². The molecule has 0 aromatic carbocycles. The van der Waals surface area contributed by atoms with Gasteiger partial charge in [0.25, 0.3) is 0 Å². The first-order valence-corrected chi connectivity index (χ1v) is 8.22. The molecule has 0 spiro atoms. The second-order valence-electron chi connectivity index (χ2n) is 5.11. The molecule has 112 valence electrons. The SMILES string of the molecule is C[C@H](NC(=O)O)/C(=N\[S+]([O-])C(C)(C)C)c1sccc1Cl. The highest BCUT2D eigenvalue weighted by Crippen LogP contribution is 2.26. The second kappa shape index (κ2) is 6.80. The molecule has 0 saturated carbocycles. The van der Waals surface area contributed by atoms with E-state index in [0.717, 1.165) is 0 Å². The van der Waals surface area contributed by atoms with Gasteiger partial charge in [-0.2, -0.15) is 0 Å². The molecule has 0 aliphatic rings. The van der Waals surface area contributed by atoms with Crippen LogP contribution in [0.1, 0.15) is 32.6 Å². The normalized spacial score (nSPS) is 15.8. The molecule has 1 aromatic heterocycles. The van der Waals surface area contributed by atoms with E-state index in [4.69, 9.17) is 16.7 Å². The highest BCUT2D eigenvalue weighted by Gasteiger charge is 2.30. The van der Waals surface area contributed by atoms with Gasteiger partial charge in [-0.3, -0.25) is 0 Å². The lowest BCUT2D eigenvalue weighted by Crippen LogP contribution is -2.39. The Morgan fingerprint density at radius 3 is 2.60 bits per heavy atom. The minimum Gasteiger partial charge on any atom is -0.591 e. The van der Waals surface area contributed by atoms with Crippen molar-refractivity contribution in [3.8, 4) is 0 Å². The lowest BCUT2D eigenvalue weighted by molar-refractivity contribution is 0.193. The largest absolute Gasteiger partial charge is 0.591 e. The zero-order valence-corrected chi connectivity index (χ0v) is 14.0. The van der Waals surface area contributed by atoms with Crippen LogP contribution >= 0.6 is 22.9 Å². The summed E-state index contributed by atoms with van der Waals surface area (Å²) in [7, 11) is 0. The number of carbonyl (C=O) groups is 1. The van der Waals surface area contributed by atoms with Crippen molar-refractivity contribution in [2.24, 2.45) is 4.40 Å². The van der Waals surface area contributed by atoms with Crippen LogP contribution in [0.5, 0.6) is 0 Å². The van der Waals surface area contributed by atoms with E-state index in [-0.39, 0.29) is 0 Å². The highest BCUT2D eigenvalue weighted by atomic mass is 35.5. The van der Waals surface area contributed by atoms with E-state index in [1.165, 1.54) is 11.3 Å². The Hall–Kier alpha value is -0.760. The van der Waals surface area contributed by atoms with Crippen molar-refractivity contribution < 1.29 is 14.5 Å². The molecule has 1 amide bonds. The molecule has 0 radical (unpaired) electrons. The standard InChI is InChI=1S/C12H17ClN2O3S2/c1-7(14-11(16)17)9(10-8(13)5-6-19-10)15-20(18)12(2,3)4/h5-7,14H,1-4H3,(H,16,17)/b15-9+/t7-,20?/m0/s1. The van der Waals surface area contributed by atoms with Crippen molar-refractivity contribution in [2.45, 2.75) is 38.5 Å². The maximum atomic E-state index is 12.2. The molecule has 1 aromatic rings. The van der Waals surface area contributed by atoms with E-state index < -0.39 is 28.2 Å². The van der Waals surface area contributed by atoms with Gasteiger partial charge in [0, 0.05) is 0 Å². The van der Waals surface area contributed by atoms with Gasteiger partial charge in [-0.05, 0) is 39.1 Å². The topological polar surface area (TPSA) is 84.8 Å². The van der Waals surface area contributed by atoms with E-state index in [9.17, 15) is 9.35 Å². The predicted molar refractivity (Wildman–Crippen MR) is 84.4 cm³/mol. The molecule has 5 nitrogen and oxygen atoms in total. The highest BCUT2D eigenvalue weighted by molar-refractivity contribution is 7.91. The van der Waals surface area contributed by atoms with Crippen molar-refractivity contribution in [2.75, 3.05) is 0 Å². The monoisotopic (exact) mass is 336 g/mol. The quantitative estimate of drug-likeness (QED) is 0.653. The third-order valence-corrected chi connectivity index (χ3v) is 5.08. The molecular weight excluding hydrogens is 320 g/mol. The number of thiophene rings is 1. The molecular formula is C12H17ClN2O3S2. The lowest BCUT2D eigenvalue weighted by atomic mass is 10.2. The second-order valence-corrected chi connectivity index (χ2v) is 8.34. The molecule has 8 heteroatoms. The summed E-state index contributed by atoms with van der Waals surface area (Å²) < 4.78 is 15.8. The van der Waals surface area contributed by atoms with Gasteiger partial charge >= 0.3 is 6.09 Å². The van der Waals surface area contributed by atoms with Crippen LogP contribution in [0, 0.1) is 0 Å². The molecule has 2 N–H and O–H groups in total. The fourth-order valence-corrected chi connectivity index (χ4v) is 3.27. The van der Waals surface area contributed by atoms with Crippen LogP contribution in [0.2, 0.25) is 5.02 Å². The van der Waals surface area contributed by atoms with E-state index in [1.807, 2.05) is 0 Å². The van der Waals surface area contributed by atoms with E-state index in [1.54, 1.807) is 39.1 Å². The van der Waals surface area contributed by atoms with E-state index in [0.29, 0.717) is 15.6 Å². The fraction of sp³-hybridized carbons (Fsp3) is 0.500. The maximum absolute atomic E-state index is 12.2. The molecule has 0 aliphatic carbocycles. The Morgan fingerprint density at radius 2 is 2.20 bits per heavy atom. The van der Waals surface area contributed by atoms with Crippen LogP contribution in [0.3, 0.4) is 0 Å². The molecule has 0 aliphatic heterocycles. The Kier molecular flexibility index (Phi) is 5.88. The smallest absolute Gasteiger partial charge is 0.405 e. The Labute approximate surface area is 130 Å². The summed E-state index contributed by atoms with van der Waals surface area (Å²) in [6, 6.07) is 1.10. The van der Waals surface area contributed by atoms with Gasteiger partial charge in [-0.25, -0.2) is 4.79 Å². The van der Waals surface area contributed by atoms with E-state index >= 15 is 0 Å². The van der Waals surface area contributed by atoms with Crippen molar-refractivity contribution in [1.29, 1.82) is 0 Å². The molecule has 1 unspecified atom stereocenters. The average molecular weight is 337 g/mol. The van der Waals surface area contributed by atoms with Gasteiger partial charge in [-0.1, -0.05) is 16.0 Å². The molecule has 1 heterocycles. The molecule has 2 atom stereocenters. The summed E-state index contributed by atoms with van der Waals surface area (Å²) in [5, 5.41) is 13.4. The summed E-state index contributed by atoms with van der Waals surface area (Å²) in [6.45, 7) is 7.05. The first-order chi connectivity index (χ1) is 9.12. The van der Waals surface area contributed by atoms with Gasteiger partial charge < -0.3 is 15.0 Å². The van der Waals surface area contributed by atoms with Crippen LogP contribution in [0.25, 0.3) is 0 Å². The number of amides is 1. The first-order valence-electron chi connectivity index (χ1n) is 5.86. The van der Waals surface area contributed by atoms with Crippen molar-refractivity contribution >= 4 is 46.1 Å². The van der Waals surface area contributed by atoms with Crippen LogP contribution < -0.4 is 5.32 Å². The molecule has 0 saturated heterocycles. The third kappa shape index (κ3) is 4.66. The first kappa shape index (κ1) is 17.3. The molecule has 0 fully saturated rings. The van der Waals surface area contributed by atoms with Gasteiger partial charge in [0.1, 0.15) is 21.8 Å². The van der Waals surface area contributed by atoms with Crippen molar-refractivity contribution in [3.05, 3.63) is 21.3 Å². The van der Waals surface area contributed by atoms with Crippen LogP contribution in [0.15, 0.2) is 15.8 Å². The van der Waals surface area contributed by atoms with Gasteiger partial charge in [-0.15, -0.1) is 11.3 Å². The number of nitrogens with one attached hydrogen (secondary N) is 1. The number of hydrogen-bond donors (Lipinski definition) is 2. The summed E-state index contributed by atoms with van der Waals surface area (Å²) >= 11 is 5.91. The predicted octanol–water partition coefficient (Wildman–Crippen LogP) is 3.31. The number of carboxylic acid groups (broad SMARTS) is 1. The molecule has 20 heavy (non-hydrogen) atoms. The summed E-state index contributed by atoms with van der Waals surface area (Å²) in [5.41, 5.74) is 0.389. The van der Waals surface area contributed by atoms with Gasteiger partial charge in [0.15, 0.2) is 0 Å². The zero-order chi connectivity index (χ0) is 15.5.